The Hall–Kier alpha value is -2.31. The van der Waals surface area contributed by atoms with Gasteiger partial charge in [0.05, 0.1) is 5.39 Å². The quantitative estimate of drug-likeness (QED) is 0.648. The highest BCUT2D eigenvalue weighted by atomic mass is 16.6. The van der Waals surface area contributed by atoms with Gasteiger partial charge in [-0.3, -0.25) is 0 Å². The predicted molar refractivity (Wildman–Crippen MR) is 129 cm³/mol. The van der Waals surface area contributed by atoms with Crippen LogP contribution in [-0.4, -0.2) is 56.8 Å². The van der Waals surface area contributed by atoms with E-state index in [1.165, 1.54) is 49.5 Å². The zero-order chi connectivity index (χ0) is 22.9. The second kappa shape index (κ2) is 7.60. The molecule has 1 saturated heterocycles. The van der Waals surface area contributed by atoms with Gasteiger partial charge in [-0.1, -0.05) is 6.42 Å². The minimum atomic E-state index is -0.474. The van der Waals surface area contributed by atoms with Crippen LogP contribution in [0.2, 0.25) is 0 Å². The fourth-order valence-electron chi connectivity index (χ4n) is 6.59. The predicted octanol–water partition coefficient (Wildman–Crippen LogP) is 5.12. The first-order chi connectivity index (χ1) is 15.8. The van der Waals surface area contributed by atoms with Gasteiger partial charge in [-0.15, -0.1) is 0 Å². The number of rotatable bonds is 3. The smallest absolute Gasteiger partial charge is 0.410 e. The summed E-state index contributed by atoms with van der Waals surface area (Å²) in [6.07, 6.45) is 12.0. The number of amides is 1. The van der Waals surface area contributed by atoms with E-state index in [-0.39, 0.29) is 12.1 Å². The number of hydrogen-bond donors (Lipinski definition) is 0. The van der Waals surface area contributed by atoms with Crippen LogP contribution in [0.25, 0.3) is 11.0 Å². The molecule has 178 valence electrons. The fraction of sp³-hybridized carbons (Fsp3) is 0.731. The number of ether oxygens (including phenoxy) is 1. The average molecular weight is 452 g/mol. The van der Waals surface area contributed by atoms with Crippen LogP contribution in [0, 0.1) is 11.8 Å². The summed E-state index contributed by atoms with van der Waals surface area (Å²) in [6, 6.07) is 0.769. The summed E-state index contributed by atoms with van der Waals surface area (Å²) in [4.78, 5) is 26.5. The number of aromatic nitrogens is 3. The van der Waals surface area contributed by atoms with Crippen LogP contribution in [0.1, 0.15) is 83.7 Å². The number of piperazine rings is 1. The van der Waals surface area contributed by atoms with E-state index in [0.29, 0.717) is 25.0 Å². The zero-order valence-corrected chi connectivity index (χ0v) is 20.5. The van der Waals surface area contributed by atoms with Gasteiger partial charge in [-0.05, 0) is 83.1 Å². The highest BCUT2D eigenvalue weighted by Gasteiger charge is 2.42. The monoisotopic (exact) mass is 451 g/mol. The molecule has 0 unspecified atom stereocenters. The van der Waals surface area contributed by atoms with Gasteiger partial charge in [0.15, 0.2) is 0 Å². The maximum atomic E-state index is 12.6. The Bertz CT molecular complexity index is 1070. The Morgan fingerprint density at radius 2 is 1.91 bits per heavy atom. The summed E-state index contributed by atoms with van der Waals surface area (Å²) < 4.78 is 8.15. The minimum Gasteiger partial charge on any atom is -0.444 e. The van der Waals surface area contributed by atoms with E-state index in [1.807, 2.05) is 25.7 Å². The van der Waals surface area contributed by atoms with Crippen LogP contribution in [0.4, 0.5) is 10.6 Å². The molecule has 0 spiro atoms. The third kappa shape index (κ3) is 3.77. The first-order valence-electron chi connectivity index (χ1n) is 12.9. The van der Waals surface area contributed by atoms with Crippen molar-refractivity contribution in [3.05, 3.63) is 18.1 Å². The molecular formula is C26H37N5O2. The van der Waals surface area contributed by atoms with Crippen LogP contribution < -0.4 is 4.90 Å². The molecule has 2 bridgehead atoms. The average Bonchev–Trinajstić information content (AvgIpc) is 3.21. The number of anilines is 1. The molecule has 1 aliphatic heterocycles. The Morgan fingerprint density at radius 1 is 1.09 bits per heavy atom. The molecular weight excluding hydrogens is 414 g/mol. The first-order valence-corrected chi connectivity index (χ1v) is 12.9. The number of carbonyl (C=O) groups excluding carboxylic acids is 1. The van der Waals surface area contributed by atoms with Gasteiger partial charge in [0.2, 0.25) is 0 Å². The van der Waals surface area contributed by atoms with Crippen molar-refractivity contribution in [2.75, 3.05) is 24.5 Å². The number of carbonyl (C=O) groups is 1. The van der Waals surface area contributed by atoms with Gasteiger partial charge in [0, 0.05) is 37.9 Å². The number of nitrogens with zero attached hydrogens (tertiary/aromatic N) is 5. The SMILES string of the molecule is C[C@H]1CN(C(=O)OC(C)(C)C)CCN1c1ncnc2c1c(C1CC1)cn2[C@@H]1C[C@@H]2CC[C@H]1C2. The van der Waals surface area contributed by atoms with E-state index < -0.39 is 5.60 Å². The summed E-state index contributed by atoms with van der Waals surface area (Å²) >= 11 is 0. The molecule has 7 heteroatoms. The molecule has 3 heterocycles. The van der Waals surface area contributed by atoms with Gasteiger partial charge in [-0.2, -0.15) is 0 Å². The molecule has 4 atom stereocenters. The summed E-state index contributed by atoms with van der Waals surface area (Å²) in [5.41, 5.74) is 2.10. The number of hydrogen-bond acceptors (Lipinski definition) is 5. The van der Waals surface area contributed by atoms with E-state index in [1.54, 1.807) is 6.33 Å². The summed E-state index contributed by atoms with van der Waals surface area (Å²) in [6.45, 7) is 10.0. The Balaban J connectivity index is 1.31. The molecule has 2 aromatic rings. The molecule has 3 saturated carbocycles. The third-order valence-corrected chi connectivity index (χ3v) is 8.25. The molecule has 0 radical (unpaired) electrons. The Morgan fingerprint density at radius 3 is 2.55 bits per heavy atom. The third-order valence-electron chi connectivity index (χ3n) is 8.25. The molecule has 6 rings (SSSR count). The Labute approximate surface area is 196 Å². The highest BCUT2D eigenvalue weighted by molar-refractivity contribution is 5.92. The lowest BCUT2D eigenvalue weighted by Gasteiger charge is -2.41. The van der Waals surface area contributed by atoms with E-state index in [4.69, 9.17) is 14.7 Å². The molecule has 4 aliphatic rings. The van der Waals surface area contributed by atoms with Gasteiger partial charge in [0.25, 0.3) is 0 Å². The van der Waals surface area contributed by atoms with Crippen molar-refractivity contribution in [1.82, 2.24) is 19.4 Å². The van der Waals surface area contributed by atoms with Crippen molar-refractivity contribution in [2.45, 2.75) is 89.8 Å². The molecule has 2 aromatic heterocycles. The second-order valence-corrected chi connectivity index (χ2v) is 11.9. The Kier molecular flexibility index (Phi) is 4.89. The van der Waals surface area contributed by atoms with Gasteiger partial charge >= 0.3 is 6.09 Å². The van der Waals surface area contributed by atoms with Crippen LogP contribution in [0.15, 0.2) is 12.5 Å². The van der Waals surface area contributed by atoms with Crippen molar-refractivity contribution in [2.24, 2.45) is 11.8 Å². The summed E-state index contributed by atoms with van der Waals surface area (Å²) in [7, 11) is 0. The normalized spacial score (nSPS) is 29.8. The van der Waals surface area contributed by atoms with Gasteiger partial charge in [-0.25, -0.2) is 14.8 Å². The van der Waals surface area contributed by atoms with Gasteiger partial charge < -0.3 is 19.1 Å². The standard InChI is InChI=1S/C26H37N5O2/c1-16-13-29(25(32)33-26(2,3)4)9-10-30(16)23-22-20(18-7-8-18)14-31(24(22)28-15-27-23)21-12-17-5-6-19(21)11-17/h14-19,21H,5-13H2,1-4H3/t16-,17+,19-,21+/m0/s1. The molecule has 3 aliphatic carbocycles. The van der Waals surface area contributed by atoms with Crippen LogP contribution >= 0.6 is 0 Å². The van der Waals surface area contributed by atoms with Crippen LogP contribution in [0.3, 0.4) is 0 Å². The lowest BCUT2D eigenvalue weighted by Crippen LogP contribution is -2.54. The minimum absolute atomic E-state index is 0.169. The van der Waals surface area contributed by atoms with Crippen molar-refractivity contribution in [1.29, 1.82) is 0 Å². The molecule has 4 fully saturated rings. The van der Waals surface area contributed by atoms with Gasteiger partial charge in [0.1, 0.15) is 23.4 Å². The van der Waals surface area contributed by atoms with Crippen LogP contribution in [0.5, 0.6) is 0 Å². The second-order valence-electron chi connectivity index (χ2n) is 11.9. The number of fused-ring (bicyclic) bond motifs is 3. The van der Waals surface area contributed by atoms with Crippen molar-refractivity contribution in [3.8, 4) is 0 Å². The van der Waals surface area contributed by atoms with E-state index in [2.05, 4.69) is 22.6 Å². The zero-order valence-electron chi connectivity index (χ0n) is 20.5. The van der Waals surface area contributed by atoms with Crippen molar-refractivity contribution in [3.63, 3.8) is 0 Å². The lowest BCUT2D eigenvalue weighted by molar-refractivity contribution is 0.0218. The first kappa shape index (κ1) is 21.2. The summed E-state index contributed by atoms with van der Waals surface area (Å²) in [5.74, 6) is 3.42. The summed E-state index contributed by atoms with van der Waals surface area (Å²) in [5, 5.41) is 1.26. The molecule has 33 heavy (non-hydrogen) atoms. The maximum Gasteiger partial charge on any atom is 0.410 e. The molecule has 7 nitrogen and oxygen atoms in total. The van der Waals surface area contributed by atoms with E-state index >= 15 is 0 Å². The van der Waals surface area contributed by atoms with Crippen molar-refractivity contribution < 1.29 is 9.53 Å². The molecule has 0 N–H and O–H groups in total. The highest BCUT2D eigenvalue weighted by Crippen LogP contribution is 2.53. The fourth-order valence-corrected chi connectivity index (χ4v) is 6.59. The van der Waals surface area contributed by atoms with E-state index in [0.717, 1.165) is 29.8 Å². The largest absolute Gasteiger partial charge is 0.444 e. The molecule has 1 amide bonds. The lowest BCUT2D eigenvalue weighted by atomic mass is 9.95. The molecule has 0 aromatic carbocycles. The van der Waals surface area contributed by atoms with E-state index in [9.17, 15) is 4.79 Å². The topological polar surface area (TPSA) is 63.5 Å². The van der Waals surface area contributed by atoms with Crippen LogP contribution in [-0.2, 0) is 4.74 Å². The van der Waals surface area contributed by atoms with Crippen molar-refractivity contribution >= 4 is 22.9 Å². The maximum absolute atomic E-state index is 12.6.